The quantitative estimate of drug-likeness (QED) is 0.206. The molecule has 4 aromatic rings. The number of aliphatic hydroxyl groups is 1. The number of hydrogen-bond acceptors (Lipinski definition) is 4. The van der Waals surface area contributed by atoms with Crippen molar-refractivity contribution in [3.8, 4) is 5.75 Å². The zero-order valence-electron chi connectivity index (χ0n) is 18.6. The van der Waals surface area contributed by atoms with Crippen molar-refractivity contribution < 1.29 is 32.6 Å². The largest absolute Gasteiger partial charge is 0.573 e. The fourth-order valence-electron chi connectivity index (χ4n) is 4.46. The van der Waals surface area contributed by atoms with Crippen LogP contribution in [0.15, 0.2) is 103 Å². The molecular weight excluding hydrogens is 471 g/mol. The van der Waals surface area contributed by atoms with Crippen LogP contribution < -0.4 is 9.64 Å². The van der Waals surface area contributed by atoms with Crippen LogP contribution >= 0.6 is 0 Å². The predicted molar refractivity (Wildman–Crippen MR) is 128 cm³/mol. The van der Waals surface area contributed by atoms with E-state index in [9.17, 15) is 27.9 Å². The Morgan fingerprint density at radius 3 is 2.25 bits per heavy atom. The molecule has 0 spiro atoms. The van der Waals surface area contributed by atoms with E-state index in [2.05, 4.69) is 4.74 Å². The number of Topliss-reactive ketones (excluding diaryl/α,β-unsaturated/α-hetero) is 1. The van der Waals surface area contributed by atoms with E-state index < -0.39 is 29.8 Å². The Kier molecular flexibility index (Phi) is 5.72. The van der Waals surface area contributed by atoms with Crippen molar-refractivity contribution in [3.05, 3.63) is 114 Å². The average Bonchev–Trinajstić information content (AvgIpc) is 3.13. The minimum Gasteiger partial charge on any atom is -0.507 e. The van der Waals surface area contributed by atoms with Crippen molar-refractivity contribution in [2.45, 2.75) is 12.4 Å². The summed E-state index contributed by atoms with van der Waals surface area (Å²) in [6, 6.07) is 24.8. The van der Waals surface area contributed by atoms with Gasteiger partial charge in [-0.25, -0.2) is 0 Å². The van der Waals surface area contributed by atoms with Gasteiger partial charge in [0.2, 0.25) is 0 Å². The van der Waals surface area contributed by atoms with Crippen LogP contribution in [0, 0.1) is 0 Å². The first-order chi connectivity index (χ1) is 17.2. The van der Waals surface area contributed by atoms with E-state index in [-0.39, 0.29) is 17.0 Å². The molecule has 1 unspecified atom stereocenters. The van der Waals surface area contributed by atoms with Crippen molar-refractivity contribution in [1.82, 2.24) is 0 Å². The predicted octanol–water partition coefficient (Wildman–Crippen LogP) is 6.36. The zero-order valence-corrected chi connectivity index (χ0v) is 18.6. The smallest absolute Gasteiger partial charge is 0.507 e. The van der Waals surface area contributed by atoms with Gasteiger partial charge in [0.05, 0.1) is 11.6 Å². The highest BCUT2D eigenvalue weighted by molar-refractivity contribution is 6.51. The van der Waals surface area contributed by atoms with Crippen molar-refractivity contribution >= 4 is 33.9 Å². The van der Waals surface area contributed by atoms with Gasteiger partial charge in [0, 0.05) is 17.3 Å². The van der Waals surface area contributed by atoms with Gasteiger partial charge in [-0.1, -0.05) is 78.9 Å². The van der Waals surface area contributed by atoms with E-state index in [1.165, 1.54) is 12.1 Å². The summed E-state index contributed by atoms with van der Waals surface area (Å²) in [7, 11) is 0. The molecule has 1 aliphatic heterocycles. The molecule has 1 heterocycles. The van der Waals surface area contributed by atoms with Crippen molar-refractivity contribution in [2.24, 2.45) is 0 Å². The monoisotopic (exact) mass is 489 g/mol. The van der Waals surface area contributed by atoms with E-state index in [1.54, 1.807) is 54.6 Å². The number of hydrogen-bond donors (Lipinski definition) is 1. The second-order valence-corrected chi connectivity index (χ2v) is 8.15. The van der Waals surface area contributed by atoms with Crippen molar-refractivity contribution in [1.29, 1.82) is 0 Å². The average molecular weight is 489 g/mol. The molecule has 5 rings (SSSR count). The number of ketones is 1. The molecule has 0 bridgehead atoms. The lowest BCUT2D eigenvalue weighted by Crippen LogP contribution is -2.29. The molecule has 0 radical (unpaired) electrons. The van der Waals surface area contributed by atoms with Crippen LogP contribution in [0.25, 0.3) is 16.5 Å². The number of anilines is 1. The fourth-order valence-corrected chi connectivity index (χ4v) is 4.46. The standard InChI is InChI=1S/C28H18F3NO4/c29-28(30,31)36-20-13-7-12-19(16-20)32-24(18-9-2-1-3-10-18)23(26(34)27(32)35)25(33)22-15-6-11-17-8-4-5-14-21(17)22/h1-16,24,33H/b25-23-. The number of ether oxygens (including phenoxy) is 1. The molecular formula is C28H18F3NO4. The van der Waals surface area contributed by atoms with Gasteiger partial charge >= 0.3 is 6.36 Å². The number of benzene rings is 4. The van der Waals surface area contributed by atoms with Crippen LogP contribution in [0.3, 0.4) is 0 Å². The Balaban J connectivity index is 1.71. The summed E-state index contributed by atoms with van der Waals surface area (Å²) in [4.78, 5) is 27.7. The Bertz CT molecular complexity index is 1510. The highest BCUT2D eigenvalue weighted by Gasteiger charge is 2.47. The van der Waals surface area contributed by atoms with Crippen LogP contribution in [0.1, 0.15) is 17.2 Å². The maximum Gasteiger partial charge on any atom is 0.573 e. The number of fused-ring (bicyclic) bond motifs is 1. The number of carbonyl (C=O) groups is 2. The van der Waals surface area contributed by atoms with Crippen LogP contribution in [-0.2, 0) is 9.59 Å². The van der Waals surface area contributed by atoms with E-state index in [4.69, 9.17) is 0 Å². The maximum atomic E-state index is 13.3. The number of amides is 1. The van der Waals surface area contributed by atoms with Gasteiger partial charge in [0.25, 0.3) is 11.7 Å². The van der Waals surface area contributed by atoms with Crippen molar-refractivity contribution in [3.63, 3.8) is 0 Å². The highest BCUT2D eigenvalue weighted by Crippen LogP contribution is 2.43. The maximum absolute atomic E-state index is 13.3. The zero-order chi connectivity index (χ0) is 25.4. The Labute approximate surface area is 203 Å². The van der Waals surface area contributed by atoms with Gasteiger partial charge in [0.1, 0.15) is 11.5 Å². The molecule has 0 aliphatic carbocycles. The van der Waals surface area contributed by atoms with Crippen LogP contribution in [-0.4, -0.2) is 23.2 Å². The van der Waals surface area contributed by atoms with Crippen molar-refractivity contribution in [2.75, 3.05) is 4.90 Å². The Morgan fingerprint density at radius 1 is 0.833 bits per heavy atom. The van der Waals surface area contributed by atoms with Gasteiger partial charge in [-0.05, 0) is 28.5 Å². The van der Waals surface area contributed by atoms with Crippen LogP contribution in [0.2, 0.25) is 0 Å². The van der Waals surface area contributed by atoms with Gasteiger partial charge in [0.15, 0.2) is 0 Å². The lowest BCUT2D eigenvalue weighted by molar-refractivity contribution is -0.274. The van der Waals surface area contributed by atoms with Gasteiger partial charge in [-0.2, -0.15) is 0 Å². The molecule has 0 aromatic heterocycles. The summed E-state index contributed by atoms with van der Waals surface area (Å²) in [5.41, 5.74) is 0.719. The van der Waals surface area contributed by atoms with Gasteiger partial charge in [-0.3, -0.25) is 14.5 Å². The second-order valence-electron chi connectivity index (χ2n) is 8.15. The summed E-state index contributed by atoms with van der Waals surface area (Å²) >= 11 is 0. The summed E-state index contributed by atoms with van der Waals surface area (Å²) in [5.74, 6) is -2.84. The molecule has 1 fully saturated rings. The summed E-state index contributed by atoms with van der Waals surface area (Å²) < 4.78 is 42.5. The number of rotatable bonds is 4. The second kappa shape index (κ2) is 8.88. The molecule has 5 nitrogen and oxygen atoms in total. The van der Waals surface area contributed by atoms with Crippen LogP contribution in [0.4, 0.5) is 18.9 Å². The molecule has 8 heteroatoms. The normalized spacial score (nSPS) is 17.5. The molecule has 1 N–H and O–H groups in total. The SMILES string of the molecule is O=C1C(=O)N(c2cccc(OC(F)(F)F)c2)C(c2ccccc2)/C1=C(/O)c1cccc2ccccc12. The summed E-state index contributed by atoms with van der Waals surface area (Å²) in [6.07, 6.45) is -4.93. The lowest BCUT2D eigenvalue weighted by Gasteiger charge is -2.26. The minimum atomic E-state index is -4.93. The van der Waals surface area contributed by atoms with E-state index in [0.29, 0.717) is 16.5 Å². The number of aliphatic hydroxyl groups excluding tert-OH is 1. The molecule has 1 aliphatic rings. The molecule has 1 amide bonds. The molecule has 36 heavy (non-hydrogen) atoms. The van der Waals surface area contributed by atoms with Crippen LogP contribution in [0.5, 0.6) is 5.75 Å². The molecule has 0 saturated carbocycles. The third-order valence-electron chi connectivity index (χ3n) is 5.93. The topological polar surface area (TPSA) is 66.8 Å². The number of nitrogens with zero attached hydrogens (tertiary/aromatic N) is 1. The third kappa shape index (κ3) is 4.17. The molecule has 1 saturated heterocycles. The first-order valence-corrected chi connectivity index (χ1v) is 10.9. The molecule has 180 valence electrons. The summed E-state index contributed by atoms with van der Waals surface area (Å²) in [5, 5.41) is 12.9. The van der Waals surface area contributed by atoms with Gasteiger partial charge < -0.3 is 9.84 Å². The number of halogens is 3. The fraction of sp³-hybridized carbons (Fsp3) is 0.0714. The Morgan fingerprint density at radius 2 is 1.50 bits per heavy atom. The first kappa shape index (κ1) is 23.2. The van der Waals surface area contributed by atoms with E-state index in [1.807, 2.05) is 18.2 Å². The van der Waals surface area contributed by atoms with E-state index >= 15 is 0 Å². The minimum absolute atomic E-state index is 0.0182. The Hall–Kier alpha value is -4.59. The highest BCUT2D eigenvalue weighted by atomic mass is 19.4. The number of carbonyl (C=O) groups excluding carboxylic acids is 2. The molecule has 1 atom stereocenters. The van der Waals surface area contributed by atoms with Gasteiger partial charge in [-0.15, -0.1) is 13.2 Å². The van der Waals surface area contributed by atoms with E-state index in [0.717, 1.165) is 22.4 Å². The lowest BCUT2D eigenvalue weighted by atomic mass is 9.93. The third-order valence-corrected chi connectivity index (χ3v) is 5.93. The molecule has 4 aromatic carbocycles. The first-order valence-electron chi connectivity index (χ1n) is 10.9. The summed E-state index contributed by atoms with van der Waals surface area (Å²) in [6.45, 7) is 0. The number of alkyl halides is 3.